The van der Waals surface area contributed by atoms with Gasteiger partial charge in [0.15, 0.2) is 0 Å². The van der Waals surface area contributed by atoms with Crippen molar-refractivity contribution in [1.29, 1.82) is 0 Å². The van der Waals surface area contributed by atoms with Gasteiger partial charge in [-0.05, 0) is 42.3 Å². The molecular formula is C18H17Cl2NO2. The highest BCUT2D eigenvalue weighted by atomic mass is 35.5. The fourth-order valence-electron chi connectivity index (χ4n) is 1.92. The van der Waals surface area contributed by atoms with Crippen molar-refractivity contribution in [3.63, 3.8) is 0 Å². The Bertz CT molecular complexity index is 729. The van der Waals surface area contributed by atoms with Crippen LogP contribution in [0.1, 0.15) is 22.8 Å². The number of rotatable bonds is 6. The lowest BCUT2D eigenvalue weighted by molar-refractivity contribution is 0.0947. The van der Waals surface area contributed by atoms with Crippen LogP contribution in [0.2, 0.25) is 10.0 Å². The maximum Gasteiger partial charge on any atom is 0.255 e. The second kappa shape index (κ2) is 8.04. The van der Waals surface area contributed by atoms with E-state index >= 15 is 0 Å². The monoisotopic (exact) mass is 349 g/mol. The van der Waals surface area contributed by atoms with E-state index in [4.69, 9.17) is 27.9 Å². The Morgan fingerprint density at radius 1 is 1.22 bits per heavy atom. The Kier molecular flexibility index (Phi) is 6.08. The Morgan fingerprint density at radius 3 is 2.65 bits per heavy atom. The average molecular weight is 350 g/mol. The van der Waals surface area contributed by atoms with Gasteiger partial charge in [-0.15, -0.1) is 0 Å². The number of para-hydroxylation sites is 1. The molecule has 0 heterocycles. The lowest BCUT2D eigenvalue weighted by Crippen LogP contribution is -2.23. The van der Waals surface area contributed by atoms with E-state index in [0.29, 0.717) is 34.5 Å². The van der Waals surface area contributed by atoms with E-state index in [-0.39, 0.29) is 5.91 Å². The Morgan fingerprint density at radius 2 is 1.96 bits per heavy atom. The first kappa shape index (κ1) is 17.4. The summed E-state index contributed by atoms with van der Waals surface area (Å²) in [5.74, 6) is 0.295. The molecule has 0 saturated heterocycles. The number of hydrogen-bond donors (Lipinski definition) is 1. The first-order valence-corrected chi connectivity index (χ1v) is 7.81. The van der Waals surface area contributed by atoms with Crippen LogP contribution < -0.4 is 10.1 Å². The lowest BCUT2D eigenvalue weighted by atomic mass is 10.1. The van der Waals surface area contributed by atoms with Crippen molar-refractivity contribution in [2.75, 3.05) is 6.61 Å². The van der Waals surface area contributed by atoms with Gasteiger partial charge in [0.05, 0.1) is 5.56 Å². The van der Waals surface area contributed by atoms with E-state index in [1.54, 1.807) is 36.4 Å². The lowest BCUT2D eigenvalue weighted by Gasteiger charge is -2.12. The summed E-state index contributed by atoms with van der Waals surface area (Å²) in [4.78, 5) is 12.4. The van der Waals surface area contributed by atoms with Gasteiger partial charge in [-0.2, -0.15) is 0 Å². The molecule has 0 aliphatic heterocycles. The van der Waals surface area contributed by atoms with E-state index in [1.165, 1.54) is 0 Å². The number of carbonyl (C=O) groups is 1. The minimum absolute atomic E-state index is 0.228. The van der Waals surface area contributed by atoms with E-state index in [0.717, 1.165) is 11.1 Å². The molecule has 5 heteroatoms. The van der Waals surface area contributed by atoms with E-state index in [2.05, 4.69) is 11.9 Å². The molecule has 1 amide bonds. The summed E-state index contributed by atoms with van der Waals surface area (Å²) in [6.07, 6.45) is 0. The molecule has 23 heavy (non-hydrogen) atoms. The number of amides is 1. The zero-order valence-electron chi connectivity index (χ0n) is 12.7. The van der Waals surface area contributed by atoms with Gasteiger partial charge < -0.3 is 10.1 Å². The zero-order chi connectivity index (χ0) is 16.8. The first-order chi connectivity index (χ1) is 11.0. The van der Waals surface area contributed by atoms with Crippen LogP contribution in [0, 0.1) is 0 Å². The number of halogens is 2. The van der Waals surface area contributed by atoms with Crippen molar-refractivity contribution in [3.8, 4) is 5.75 Å². The van der Waals surface area contributed by atoms with Crippen LogP contribution in [0.25, 0.3) is 0 Å². The summed E-state index contributed by atoms with van der Waals surface area (Å²) in [6.45, 7) is 6.33. The molecule has 0 radical (unpaired) electrons. The van der Waals surface area contributed by atoms with Crippen molar-refractivity contribution in [1.82, 2.24) is 5.32 Å². The molecule has 0 bridgehead atoms. The molecule has 0 aliphatic carbocycles. The third kappa shape index (κ3) is 5.02. The largest absolute Gasteiger partial charge is 0.488 e. The van der Waals surface area contributed by atoms with Crippen molar-refractivity contribution in [2.45, 2.75) is 13.5 Å². The van der Waals surface area contributed by atoms with E-state index in [9.17, 15) is 4.79 Å². The highest BCUT2D eigenvalue weighted by Crippen LogP contribution is 2.22. The van der Waals surface area contributed by atoms with Gasteiger partial charge in [0.1, 0.15) is 12.4 Å². The van der Waals surface area contributed by atoms with Crippen molar-refractivity contribution >= 4 is 29.1 Å². The van der Waals surface area contributed by atoms with Gasteiger partial charge in [0.25, 0.3) is 5.91 Å². The van der Waals surface area contributed by atoms with Crippen molar-refractivity contribution < 1.29 is 9.53 Å². The quantitative estimate of drug-likeness (QED) is 0.754. The molecule has 0 atom stereocenters. The van der Waals surface area contributed by atoms with Gasteiger partial charge in [-0.3, -0.25) is 4.79 Å². The molecule has 2 aromatic carbocycles. The second-order valence-corrected chi connectivity index (χ2v) is 6.00. The second-order valence-electron chi connectivity index (χ2n) is 5.16. The smallest absolute Gasteiger partial charge is 0.255 e. The van der Waals surface area contributed by atoms with Gasteiger partial charge in [0.2, 0.25) is 0 Å². The first-order valence-electron chi connectivity index (χ1n) is 7.05. The van der Waals surface area contributed by atoms with E-state index in [1.807, 2.05) is 13.0 Å². The van der Waals surface area contributed by atoms with Gasteiger partial charge in [-0.25, -0.2) is 0 Å². The molecule has 3 nitrogen and oxygen atoms in total. The zero-order valence-corrected chi connectivity index (χ0v) is 14.2. The predicted molar refractivity (Wildman–Crippen MR) is 94.4 cm³/mol. The molecule has 120 valence electrons. The topological polar surface area (TPSA) is 38.3 Å². The Balaban J connectivity index is 2.07. The standard InChI is InChI=1S/C18H17Cl2NO2/c1-12(2)11-23-17-6-4-3-5-15(17)18(22)21-10-13-7-8-14(19)9-16(13)20/h3-9H,1,10-11H2,2H3,(H,21,22). The number of carbonyl (C=O) groups excluding carboxylic acids is 1. The van der Waals surface area contributed by atoms with Crippen LogP contribution in [0.15, 0.2) is 54.6 Å². The minimum Gasteiger partial charge on any atom is -0.488 e. The number of hydrogen-bond acceptors (Lipinski definition) is 2. The summed E-state index contributed by atoms with van der Waals surface area (Å²) >= 11 is 12.0. The van der Waals surface area contributed by atoms with Gasteiger partial charge in [-0.1, -0.05) is 48.0 Å². The maximum absolute atomic E-state index is 12.4. The van der Waals surface area contributed by atoms with Crippen molar-refractivity contribution in [3.05, 3.63) is 75.8 Å². The Hall–Kier alpha value is -1.97. The summed E-state index contributed by atoms with van der Waals surface area (Å²) in [6, 6.07) is 12.2. The SMILES string of the molecule is C=C(C)COc1ccccc1C(=O)NCc1ccc(Cl)cc1Cl. The highest BCUT2D eigenvalue weighted by Gasteiger charge is 2.12. The number of ether oxygens (including phenoxy) is 1. The maximum atomic E-state index is 12.4. The molecular weight excluding hydrogens is 333 g/mol. The molecule has 1 N–H and O–H groups in total. The summed E-state index contributed by atoms with van der Waals surface area (Å²) in [7, 11) is 0. The molecule has 0 unspecified atom stereocenters. The van der Waals surface area contributed by atoms with Crippen LogP contribution in [-0.4, -0.2) is 12.5 Å². The summed E-state index contributed by atoms with van der Waals surface area (Å²) in [5, 5.41) is 3.91. The normalized spacial score (nSPS) is 10.2. The number of nitrogens with one attached hydrogen (secondary N) is 1. The van der Waals surface area contributed by atoms with Crippen molar-refractivity contribution in [2.24, 2.45) is 0 Å². The number of benzene rings is 2. The average Bonchev–Trinajstić information content (AvgIpc) is 2.52. The molecule has 0 saturated carbocycles. The molecule has 2 rings (SSSR count). The van der Waals surface area contributed by atoms with Crippen LogP contribution >= 0.6 is 23.2 Å². The fraction of sp³-hybridized carbons (Fsp3) is 0.167. The predicted octanol–water partition coefficient (Wildman–Crippen LogP) is 4.88. The summed E-state index contributed by atoms with van der Waals surface area (Å²) in [5.41, 5.74) is 2.15. The summed E-state index contributed by atoms with van der Waals surface area (Å²) < 4.78 is 5.61. The third-order valence-corrected chi connectivity index (χ3v) is 3.65. The minimum atomic E-state index is -0.228. The third-order valence-electron chi connectivity index (χ3n) is 3.06. The highest BCUT2D eigenvalue weighted by molar-refractivity contribution is 6.35. The van der Waals surface area contributed by atoms with Crippen LogP contribution in [-0.2, 0) is 6.54 Å². The molecule has 0 aliphatic rings. The molecule has 2 aromatic rings. The van der Waals surface area contributed by atoms with Crippen LogP contribution in [0.5, 0.6) is 5.75 Å². The van der Waals surface area contributed by atoms with Crippen LogP contribution in [0.3, 0.4) is 0 Å². The molecule has 0 spiro atoms. The van der Waals surface area contributed by atoms with Gasteiger partial charge in [0, 0.05) is 16.6 Å². The molecule has 0 fully saturated rings. The van der Waals surface area contributed by atoms with Crippen LogP contribution in [0.4, 0.5) is 0 Å². The van der Waals surface area contributed by atoms with Gasteiger partial charge >= 0.3 is 0 Å². The molecule has 0 aromatic heterocycles. The Labute approximate surface area is 145 Å². The van der Waals surface area contributed by atoms with E-state index < -0.39 is 0 Å². The fourth-order valence-corrected chi connectivity index (χ4v) is 2.39.